The van der Waals surface area contributed by atoms with Crippen molar-refractivity contribution in [1.82, 2.24) is 0 Å². The Morgan fingerprint density at radius 1 is 1.30 bits per heavy atom. The largest absolute Gasteiger partial charge is 0.455 e. The van der Waals surface area contributed by atoms with E-state index in [9.17, 15) is 14.4 Å². The number of benzene rings is 1. The number of amides is 2. The number of hydrogen-bond acceptors (Lipinski definition) is 4. The highest BCUT2D eigenvalue weighted by Gasteiger charge is 2.40. The second-order valence-electron chi connectivity index (χ2n) is 4.92. The molecule has 1 aliphatic carbocycles. The highest BCUT2D eigenvalue weighted by Crippen LogP contribution is 2.38. The lowest BCUT2D eigenvalue weighted by atomic mass is 10.2. The number of primary amides is 1. The number of carbonyl (C=O) groups is 3. The molecule has 0 aromatic heterocycles. The summed E-state index contributed by atoms with van der Waals surface area (Å²) < 4.78 is 4.91. The first kappa shape index (κ1) is 14.0. The van der Waals surface area contributed by atoms with Crippen molar-refractivity contribution in [3.05, 3.63) is 29.8 Å². The molecule has 0 spiro atoms. The van der Waals surface area contributed by atoms with E-state index in [1.807, 2.05) is 6.92 Å². The third-order valence-corrected chi connectivity index (χ3v) is 3.21. The molecule has 0 heterocycles. The maximum absolute atomic E-state index is 11.6. The summed E-state index contributed by atoms with van der Waals surface area (Å²) in [7, 11) is 0. The van der Waals surface area contributed by atoms with Gasteiger partial charge in [0.2, 0.25) is 5.91 Å². The molecular weight excluding hydrogens is 260 g/mol. The topological polar surface area (TPSA) is 98.5 Å². The number of nitrogens with two attached hydrogens (primary N) is 1. The van der Waals surface area contributed by atoms with Crippen LogP contribution >= 0.6 is 0 Å². The zero-order chi connectivity index (χ0) is 14.7. The van der Waals surface area contributed by atoms with E-state index in [2.05, 4.69) is 5.32 Å². The van der Waals surface area contributed by atoms with Crippen LogP contribution in [0, 0.1) is 11.8 Å². The average molecular weight is 276 g/mol. The molecule has 0 bridgehead atoms. The molecule has 3 N–H and O–H groups in total. The zero-order valence-corrected chi connectivity index (χ0v) is 11.1. The smallest absolute Gasteiger partial charge is 0.309 e. The maximum atomic E-state index is 11.6. The fourth-order valence-electron chi connectivity index (χ4n) is 1.81. The van der Waals surface area contributed by atoms with Crippen LogP contribution in [0.3, 0.4) is 0 Å². The monoisotopic (exact) mass is 276 g/mol. The zero-order valence-electron chi connectivity index (χ0n) is 11.1. The van der Waals surface area contributed by atoms with Crippen molar-refractivity contribution in [2.24, 2.45) is 17.6 Å². The van der Waals surface area contributed by atoms with E-state index in [1.54, 1.807) is 12.1 Å². The van der Waals surface area contributed by atoms with E-state index >= 15 is 0 Å². The Morgan fingerprint density at radius 3 is 2.40 bits per heavy atom. The van der Waals surface area contributed by atoms with Gasteiger partial charge in [0, 0.05) is 11.3 Å². The van der Waals surface area contributed by atoms with Gasteiger partial charge < -0.3 is 15.8 Å². The van der Waals surface area contributed by atoms with Crippen LogP contribution in [-0.4, -0.2) is 24.4 Å². The van der Waals surface area contributed by atoms with Crippen LogP contribution in [0.25, 0.3) is 0 Å². The Hall–Kier alpha value is -2.37. The Labute approximate surface area is 116 Å². The van der Waals surface area contributed by atoms with E-state index in [0.29, 0.717) is 17.2 Å². The molecule has 1 fully saturated rings. The number of ether oxygens (including phenoxy) is 1. The Bertz CT molecular complexity index is 539. The minimum absolute atomic E-state index is 0.0577. The third-order valence-electron chi connectivity index (χ3n) is 3.21. The molecule has 1 saturated carbocycles. The first-order valence-electron chi connectivity index (χ1n) is 6.33. The Balaban J connectivity index is 1.79. The van der Waals surface area contributed by atoms with Gasteiger partial charge in [-0.25, -0.2) is 0 Å². The van der Waals surface area contributed by atoms with Gasteiger partial charge in [-0.1, -0.05) is 6.92 Å². The third kappa shape index (κ3) is 3.57. The molecule has 6 nitrogen and oxygen atoms in total. The van der Waals surface area contributed by atoms with Gasteiger partial charge in [0.05, 0.1) is 5.92 Å². The molecule has 1 aliphatic rings. The van der Waals surface area contributed by atoms with Crippen molar-refractivity contribution in [3.8, 4) is 0 Å². The van der Waals surface area contributed by atoms with Crippen molar-refractivity contribution >= 4 is 23.5 Å². The van der Waals surface area contributed by atoms with Crippen LogP contribution < -0.4 is 11.1 Å². The lowest BCUT2D eigenvalue weighted by molar-refractivity contribution is -0.148. The summed E-state index contributed by atoms with van der Waals surface area (Å²) in [4.78, 5) is 33.9. The number of hydrogen-bond donors (Lipinski definition) is 2. The predicted molar refractivity (Wildman–Crippen MR) is 71.8 cm³/mol. The lowest BCUT2D eigenvalue weighted by Gasteiger charge is -2.06. The predicted octanol–water partition coefficient (Wildman–Crippen LogP) is 0.923. The van der Waals surface area contributed by atoms with E-state index in [0.717, 1.165) is 6.42 Å². The van der Waals surface area contributed by atoms with Crippen LogP contribution in [0.4, 0.5) is 5.69 Å². The number of rotatable bonds is 5. The first-order valence-corrected chi connectivity index (χ1v) is 6.33. The van der Waals surface area contributed by atoms with Gasteiger partial charge >= 0.3 is 5.97 Å². The van der Waals surface area contributed by atoms with Gasteiger partial charge in [-0.3, -0.25) is 14.4 Å². The summed E-state index contributed by atoms with van der Waals surface area (Å²) >= 11 is 0. The normalized spacial score (nSPS) is 20.1. The summed E-state index contributed by atoms with van der Waals surface area (Å²) in [6, 6.07) is 6.14. The van der Waals surface area contributed by atoms with Crippen LogP contribution in [0.2, 0.25) is 0 Å². The van der Waals surface area contributed by atoms with E-state index in [-0.39, 0.29) is 18.5 Å². The van der Waals surface area contributed by atoms with Gasteiger partial charge in [0.25, 0.3) is 5.91 Å². The molecule has 0 unspecified atom stereocenters. The number of esters is 1. The standard InChI is InChI=1S/C14H16N2O4/c1-8-6-11(8)14(19)20-7-12(17)16-10-4-2-9(3-5-10)13(15)18/h2-5,8,11H,6-7H2,1H3,(H2,15,18)(H,16,17)/t8-,11+/m1/s1. The highest BCUT2D eigenvalue weighted by molar-refractivity contribution is 5.95. The van der Waals surface area contributed by atoms with Crippen molar-refractivity contribution in [1.29, 1.82) is 0 Å². The summed E-state index contributed by atoms with van der Waals surface area (Å²) in [5, 5.41) is 2.57. The molecule has 0 saturated heterocycles. The minimum atomic E-state index is -0.532. The molecule has 2 rings (SSSR count). The molecule has 106 valence electrons. The summed E-state index contributed by atoms with van der Waals surface area (Å²) in [6.07, 6.45) is 0.828. The SMILES string of the molecule is C[C@@H]1C[C@@H]1C(=O)OCC(=O)Nc1ccc(C(N)=O)cc1. The molecule has 1 aromatic carbocycles. The molecule has 1 aromatic rings. The van der Waals surface area contributed by atoms with Crippen molar-refractivity contribution in [2.75, 3.05) is 11.9 Å². The molecule has 6 heteroatoms. The van der Waals surface area contributed by atoms with Gasteiger partial charge in [-0.2, -0.15) is 0 Å². The van der Waals surface area contributed by atoms with Crippen LogP contribution in [-0.2, 0) is 14.3 Å². The van der Waals surface area contributed by atoms with Crippen molar-refractivity contribution in [2.45, 2.75) is 13.3 Å². The highest BCUT2D eigenvalue weighted by atomic mass is 16.5. The Kier molecular flexibility index (Phi) is 4.02. The van der Waals surface area contributed by atoms with Gasteiger partial charge in [0.15, 0.2) is 6.61 Å². The molecule has 0 radical (unpaired) electrons. The quantitative estimate of drug-likeness (QED) is 0.781. The molecule has 2 atom stereocenters. The fraction of sp³-hybridized carbons (Fsp3) is 0.357. The number of nitrogens with one attached hydrogen (secondary N) is 1. The van der Waals surface area contributed by atoms with Crippen LogP contribution in [0.15, 0.2) is 24.3 Å². The van der Waals surface area contributed by atoms with E-state index < -0.39 is 11.8 Å². The molecule has 0 aliphatic heterocycles. The molecule has 2 amide bonds. The second-order valence-corrected chi connectivity index (χ2v) is 4.92. The summed E-state index contributed by atoms with van der Waals surface area (Å²) in [6.45, 7) is 1.66. The Morgan fingerprint density at radius 2 is 1.90 bits per heavy atom. The summed E-state index contributed by atoms with van der Waals surface area (Å²) in [5.74, 6) is -0.977. The average Bonchev–Trinajstić information content (AvgIpc) is 3.14. The fourth-order valence-corrected chi connectivity index (χ4v) is 1.81. The minimum Gasteiger partial charge on any atom is -0.455 e. The van der Waals surface area contributed by atoms with Crippen LogP contribution in [0.5, 0.6) is 0 Å². The van der Waals surface area contributed by atoms with Gasteiger partial charge in [-0.05, 0) is 36.6 Å². The van der Waals surface area contributed by atoms with Gasteiger partial charge in [-0.15, -0.1) is 0 Å². The molecular formula is C14H16N2O4. The number of anilines is 1. The first-order chi connectivity index (χ1) is 9.47. The van der Waals surface area contributed by atoms with Crippen molar-refractivity contribution < 1.29 is 19.1 Å². The van der Waals surface area contributed by atoms with E-state index in [4.69, 9.17) is 10.5 Å². The van der Waals surface area contributed by atoms with Crippen LogP contribution in [0.1, 0.15) is 23.7 Å². The van der Waals surface area contributed by atoms with Gasteiger partial charge in [0.1, 0.15) is 0 Å². The second kappa shape index (κ2) is 5.73. The maximum Gasteiger partial charge on any atom is 0.309 e. The lowest BCUT2D eigenvalue weighted by Crippen LogP contribution is -2.21. The summed E-state index contributed by atoms with van der Waals surface area (Å²) in [5.41, 5.74) is 5.98. The molecule has 20 heavy (non-hydrogen) atoms. The van der Waals surface area contributed by atoms with E-state index in [1.165, 1.54) is 12.1 Å². The van der Waals surface area contributed by atoms with Crippen molar-refractivity contribution in [3.63, 3.8) is 0 Å². The number of carbonyl (C=O) groups excluding carboxylic acids is 3.